The van der Waals surface area contributed by atoms with E-state index in [9.17, 15) is 4.79 Å². The Labute approximate surface area is 134 Å². The minimum absolute atomic E-state index is 0.0395. The Hall–Kier alpha value is -3.08. The summed E-state index contributed by atoms with van der Waals surface area (Å²) < 4.78 is 1.95. The van der Waals surface area contributed by atoms with Gasteiger partial charge >= 0.3 is 0 Å². The first-order valence-electron chi connectivity index (χ1n) is 7.45. The highest BCUT2D eigenvalue weighted by atomic mass is 16.2. The van der Waals surface area contributed by atoms with Crippen LogP contribution in [0.1, 0.15) is 22.1 Å². The molecular weight excluding hydrogens is 288 g/mol. The zero-order valence-corrected chi connectivity index (χ0v) is 12.7. The summed E-state index contributed by atoms with van der Waals surface area (Å²) >= 11 is 0. The van der Waals surface area contributed by atoms with Gasteiger partial charge in [-0.3, -0.25) is 4.79 Å². The van der Waals surface area contributed by atoms with E-state index in [1.807, 2.05) is 66.3 Å². The number of para-hydroxylation sites is 1. The smallest absolute Gasteiger partial charge is 0.255 e. The largest absolute Gasteiger partial charge is 0.350 e. The number of hydrogen-bond acceptors (Lipinski definition) is 3. The van der Waals surface area contributed by atoms with E-state index in [0.29, 0.717) is 5.56 Å². The number of aromatic nitrogens is 2. The average molecular weight is 304 g/mol. The summed E-state index contributed by atoms with van der Waals surface area (Å²) in [6.45, 7) is 0. The van der Waals surface area contributed by atoms with Gasteiger partial charge in [-0.25, -0.2) is 4.98 Å². The van der Waals surface area contributed by atoms with Crippen LogP contribution < -0.4 is 10.2 Å². The number of hydrogen-bond donors (Lipinski definition) is 1. The van der Waals surface area contributed by atoms with E-state index in [1.165, 1.54) is 0 Å². The quantitative estimate of drug-likeness (QED) is 0.792. The topological polar surface area (TPSA) is 50.2 Å². The van der Waals surface area contributed by atoms with Crippen LogP contribution in [-0.4, -0.2) is 22.5 Å². The third-order valence-electron chi connectivity index (χ3n) is 4.20. The van der Waals surface area contributed by atoms with Gasteiger partial charge in [0.15, 0.2) is 0 Å². The molecule has 1 amide bonds. The van der Waals surface area contributed by atoms with Crippen LogP contribution in [0.5, 0.6) is 0 Å². The van der Waals surface area contributed by atoms with E-state index >= 15 is 0 Å². The Morgan fingerprint density at radius 1 is 1.09 bits per heavy atom. The van der Waals surface area contributed by atoms with E-state index in [4.69, 9.17) is 0 Å². The van der Waals surface area contributed by atoms with Crippen LogP contribution in [0.3, 0.4) is 0 Å². The lowest BCUT2D eigenvalue weighted by atomic mass is 10.0. The summed E-state index contributed by atoms with van der Waals surface area (Å²) in [4.78, 5) is 18.5. The zero-order valence-electron chi connectivity index (χ0n) is 12.7. The number of nitrogens with zero attached hydrogens (tertiary/aromatic N) is 3. The molecule has 0 radical (unpaired) electrons. The van der Waals surface area contributed by atoms with Gasteiger partial charge in [0.05, 0.1) is 17.6 Å². The van der Waals surface area contributed by atoms with Crippen molar-refractivity contribution in [3.63, 3.8) is 0 Å². The fourth-order valence-electron chi connectivity index (χ4n) is 2.96. The summed E-state index contributed by atoms with van der Waals surface area (Å²) in [7, 11) is 1.99. The average Bonchev–Trinajstić information content (AvgIpc) is 3.13. The van der Waals surface area contributed by atoms with Crippen LogP contribution in [0.25, 0.3) is 5.69 Å². The molecule has 0 spiro atoms. The van der Waals surface area contributed by atoms with Crippen molar-refractivity contribution in [2.24, 2.45) is 0 Å². The first-order valence-corrected chi connectivity index (χ1v) is 7.45. The highest BCUT2D eigenvalue weighted by molar-refractivity contribution is 6.01. The molecule has 0 bridgehead atoms. The molecule has 0 fully saturated rings. The number of anilines is 1. The third kappa shape index (κ3) is 2.26. The molecule has 2 heterocycles. The number of rotatable bonds is 2. The fourth-order valence-corrected chi connectivity index (χ4v) is 2.96. The monoisotopic (exact) mass is 304 g/mol. The Kier molecular flexibility index (Phi) is 3.12. The van der Waals surface area contributed by atoms with Crippen molar-refractivity contribution in [1.82, 2.24) is 14.9 Å². The fraction of sp³-hybridized carbons (Fsp3) is 0.111. The molecule has 1 aliphatic rings. The molecule has 4 rings (SSSR count). The minimum Gasteiger partial charge on any atom is -0.350 e. The van der Waals surface area contributed by atoms with Crippen LogP contribution in [0.15, 0.2) is 67.3 Å². The number of fused-ring (bicyclic) bond motifs is 1. The van der Waals surface area contributed by atoms with Crippen molar-refractivity contribution < 1.29 is 4.79 Å². The van der Waals surface area contributed by atoms with Crippen LogP contribution >= 0.6 is 0 Å². The molecule has 1 aromatic heterocycles. The molecule has 5 heteroatoms. The van der Waals surface area contributed by atoms with Gasteiger partial charge in [-0.1, -0.05) is 24.3 Å². The van der Waals surface area contributed by atoms with Gasteiger partial charge in [-0.05, 0) is 29.8 Å². The minimum atomic E-state index is -0.172. The Balaban J connectivity index is 1.67. The van der Waals surface area contributed by atoms with E-state index in [1.54, 1.807) is 12.5 Å². The lowest BCUT2D eigenvalue weighted by Crippen LogP contribution is -2.44. The molecular formula is C18H16N4O. The lowest BCUT2D eigenvalue weighted by Gasteiger charge is -2.36. The number of carbonyl (C=O) groups excluding carboxylic acids is 1. The van der Waals surface area contributed by atoms with Gasteiger partial charge < -0.3 is 14.8 Å². The Morgan fingerprint density at radius 3 is 2.61 bits per heavy atom. The SMILES string of the molecule is CN1c2ccccc2C(=O)N[C@@H]1c1ccc(-n2ccnc2)cc1. The molecule has 0 saturated carbocycles. The summed E-state index contributed by atoms with van der Waals surface area (Å²) in [6.07, 6.45) is 5.24. The molecule has 114 valence electrons. The van der Waals surface area contributed by atoms with Crippen molar-refractivity contribution in [3.8, 4) is 5.69 Å². The van der Waals surface area contributed by atoms with Gasteiger partial charge in [0, 0.05) is 25.1 Å². The Bertz CT molecular complexity index is 840. The second-order valence-electron chi connectivity index (χ2n) is 5.57. The molecule has 0 unspecified atom stereocenters. The van der Waals surface area contributed by atoms with Crippen LogP contribution in [0, 0.1) is 0 Å². The zero-order chi connectivity index (χ0) is 15.8. The molecule has 2 aromatic carbocycles. The molecule has 0 saturated heterocycles. The highest BCUT2D eigenvalue weighted by Crippen LogP contribution is 2.31. The predicted octanol–water partition coefficient (Wildman–Crippen LogP) is 2.75. The normalized spacial score (nSPS) is 16.8. The number of nitrogens with one attached hydrogen (secondary N) is 1. The van der Waals surface area contributed by atoms with Crippen molar-refractivity contribution >= 4 is 11.6 Å². The molecule has 1 N–H and O–H groups in total. The number of imidazole rings is 1. The molecule has 3 aromatic rings. The number of carbonyl (C=O) groups is 1. The van der Waals surface area contributed by atoms with Crippen molar-refractivity contribution in [2.45, 2.75) is 6.17 Å². The van der Waals surface area contributed by atoms with Gasteiger partial charge in [-0.15, -0.1) is 0 Å². The molecule has 5 nitrogen and oxygen atoms in total. The third-order valence-corrected chi connectivity index (χ3v) is 4.20. The van der Waals surface area contributed by atoms with Gasteiger partial charge in [-0.2, -0.15) is 0 Å². The van der Waals surface area contributed by atoms with Gasteiger partial charge in [0.2, 0.25) is 0 Å². The summed E-state index contributed by atoms with van der Waals surface area (Å²) in [6, 6.07) is 15.8. The van der Waals surface area contributed by atoms with Gasteiger partial charge in [0.25, 0.3) is 5.91 Å². The first-order chi connectivity index (χ1) is 11.2. The van der Waals surface area contributed by atoms with E-state index in [0.717, 1.165) is 16.9 Å². The van der Waals surface area contributed by atoms with Crippen molar-refractivity contribution in [2.75, 3.05) is 11.9 Å². The Morgan fingerprint density at radius 2 is 1.87 bits per heavy atom. The molecule has 23 heavy (non-hydrogen) atoms. The summed E-state index contributed by atoms with van der Waals surface area (Å²) in [5, 5.41) is 3.06. The van der Waals surface area contributed by atoms with Crippen LogP contribution in [-0.2, 0) is 0 Å². The predicted molar refractivity (Wildman–Crippen MR) is 88.6 cm³/mol. The standard InChI is InChI=1S/C18H16N4O/c1-21-16-5-3-2-4-15(16)18(23)20-17(21)13-6-8-14(9-7-13)22-11-10-19-12-22/h2-12,17H,1H3,(H,20,23)/t17-/m0/s1. The maximum absolute atomic E-state index is 12.3. The maximum Gasteiger partial charge on any atom is 0.255 e. The van der Waals surface area contributed by atoms with E-state index in [2.05, 4.69) is 15.2 Å². The maximum atomic E-state index is 12.3. The van der Waals surface area contributed by atoms with Crippen LogP contribution in [0.2, 0.25) is 0 Å². The van der Waals surface area contributed by atoms with Crippen molar-refractivity contribution in [1.29, 1.82) is 0 Å². The number of benzene rings is 2. The second-order valence-corrected chi connectivity index (χ2v) is 5.57. The van der Waals surface area contributed by atoms with Gasteiger partial charge in [0.1, 0.15) is 6.17 Å². The number of amides is 1. The molecule has 1 aliphatic heterocycles. The second kappa shape index (κ2) is 5.28. The first kappa shape index (κ1) is 13.6. The van der Waals surface area contributed by atoms with E-state index < -0.39 is 0 Å². The van der Waals surface area contributed by atoms with Crippen LogP contribution in [0.4, 0.5) is 5.69 Å². The molecule has 1 atom stereocenters. The molecule has 0 aliphatic carbocycles. The lowest BCUT2D eigenvalue weighted by molar-refractivity contribution is 0.0928. The van der Waals surface area contributed by atoms with E-state index in [-0.39, 0.29) is 12.1 Å². The summed E-state index contributed by atoms with van der Waals surface area (Å²) in [5.41, 5.74) is 3.73. The highest BCUT2D eigenvalue weighted by Gasteiger charge is 2.28. The summed E-state index contributed by atoms with van der Waals surface area (Å²) in [5.74, 6) is -0.0395. The van der Waals surface area contributed by atoms with Crippen molar-refractivity contribution in [3.05, 3.63) is 78.4 Å².